The van der Waals surface area contributed by atoms with Crippen molar-refractivity contribution in [1.29, 1.82) is 0 Å². The fourth-order valence-corrected chi connectivity index (χ4v) is 2.00. The summed E-state index contributed by atoms with van der Waals surface area (Å²) in [7, 11) is 0. The number of hydrogen-bond donors (Lipinski definition) is 1. The molecule has 1 N–H and O–H groups in total. The molecule has 0 bridgehead atoms. The Morgan fingerprint density at radius 2 is 1.80 bits per heavy atom. The number of ether oxygens (including phenoxy) is 2. The van der Waals surface area contributed by atoms with Crippen molar-refractivity contribution in [2.75, 3.05) is 13.2 Å². The molecule has 3 nitrogen and oxygen atoms in total. The van der Waals surface area contributed by atoms with E-state index in [4.69, 9.17) is 9.47 Å². The van der Waals surface area contributed by atoms with Crippen LogP contribution in [-0.2, 0) is 22.6 Å². The molecule has 1 aromatic rings. The lowest BCUT2D eigenvalue weighted by molar-refractivity contribution is -0.0377. The van der Waals surface area contributed by atoms with E-state index in [1.807, 2.05) is 0 Å². The van der Waals surface area contributed by atoms with Crippen LogP contribution in [0.15, 0.2) is 24.3 Å². The molecule has 0 radical (unpaired) electrons. The first-order valence-electron chi connectivity index (χ1n) is 7.56. The van der Waals surface area contributed by atoms with Gasteiger partial charge in [-0.3, -0.25) is 0 Å². The Morgan fingerprint density at radius 3 is 2.45 bits per heavy atom. The highest BCUT2D eigenvalue weighted by Crippen LogP contribution is 2.20. The summed E-state index contributed by atoms with van der Waals surface area (Å²) in [4.78, 5) is 0. The molecule has 1 saturated carbocycles. The first kappa shape index (κ1) is 15.5. The van der Waals surface area contributed by atoms with Crippen molar-refractivity contribution in [3.63, 3.8) is 0 Å². The van der Waals surface area contributed by atoms with E-state index in [0.29, 0.717) is 19.8 Å². The third kappa shape index (κ3) is 6.04. The molecule has 3 heteroatoms. The molecule has 1 fully saturated rings. The van der Waals surface area contributed by atoms with E-state index < -0.39 is 0 Å². The van der Waals surface area contributed by atoms with Crippen LogP contribution in [0.1, 0.15) is 44.7 Å². The van der Waals surface area contributed by atoms with Crippen molar-refractivity contribution in [3.8, 4) is 0 Å². The maximum absolute atomic E-state index is 5.73. The quantitative estimate of drug-likeness (QED) is 0.740. The Balaban J connectivity index is 1.71. The van der Waals surface area contributed by atoms with Crippen molar-refractivity contribution in [3.05, 3.63) is 35.4 Å². The second-order valence-electron chi connectivity index (χ2n) is 6.44. The van der Waals surface area contributed by atoms with E-state index in [1.165, 1.54) is 24.0 Å². The Labute approximate surface area is 122 Å². The molecular weight excluding hydrogens is 250 g/mol. The zero-order valence-electron chi connectivity index (χ0n) is 12.9. The van der Waals surface area contributed by atoms with E-state index >= 15 is 0 Å². The molecule has 0 atom stereocenters. The Morgan fingerprint density at radius 1 is 1.10 bits per heavy atom. The second-order valence-corrected chi connectivity index (χ2v) is 6.44. The van der Waals surface area contributed by atoms with Crippen molar-refractivity contribution in [2.45, 2.75) is 58.4 Å². The molecular formula is C17H27NO2. The third-order valence-corrected chi connectivity index (χ3v) is 3.30. The molecule has 1 aliphatic carbocycles. The van der Waals surface area contributed by atoms with E-state index in [1.54, 1.807) is 0 Å². The van der Waals surface area contributed by atoms with Crippen LogP contribution in [0.4, 0.5) is 0 Å². The standard InChI is InChI=1S/C17H27NO2/c1-17(2,3)20-11-10-19-13-15-7-5-4-6-14(15)12-18-16-8-9-16/h4-7,16,18H,8-13H2,1-3H3. The van der Waals surface area contributed by atoms with Gasteiger partial charge in [-0.2, -0.15) is 0 Å². The minimum atomic E-state index is -0.0878. The van der Waals surface area contributed by atoms with Gasteiger partial charge >= 0.3 is 0 Å². The van der Waals surface area contributed by atoms with Gasteiger partial charge in [-0.05, 0) is 44.7 Å². The van der Waals surface area contributed by atoms with Crippen molar-refractivity contribution < 1.29 is 9.47 Å². The first-order valence-corrected chi connectivity index (χ1v) is 7.56. The lowest BCUT2D eigenvalue weighted by Crippen LogP contribution is -2.22. The molecule has 0 heterocycles. The molecule has 20 heavy (non-hydrogen) atoms. The minimum absolute atomic E-state index is 0.0878. The molecule has 0 aromatic heterocycles. The van der Waals surface area contributed by atoms with Crippen LogP contribution in [0.2, 0.25) is 0 Å². The molecule has 1 aliphatic rings. The van der Waals surface area contributed by atoms with Gasteiger partial charge in [-0.15, -0.1) is 0 Å². The number of nitrogens with one attached hydrogen (secondary N) is 1. The highest BCUT2D eigenvalue weighted by Gasteiger charge is 2.20. The third-order valence-electron chi connectivity index (χ3n) is 3.30. The normalized spacial score (nSPS) is 15.6. The average Bonchev–Trinajstić information content (AvgIpc) is 3.20. The van der Waals surface area contributed by atoms with Crippen LogP contribution in [0.3, 0.4) is 0 Å². The summed E-state index contributed by atoms with van der Waals surface area (Å²) in [6, 6.07) is 9.24. The molecule has 112 valence electrons. The van der Waals surface area contributed by atoms with Crippen molar-refractivity contribution in [2.24, 2.45) is 0 Å². The Kier molecular flexibility index (Phi) is 5.58. The molecule has 0 amide bonds. The Hall–Kier alpha value is -0.900. The van der Waals surface area contributed by atoms with Crippen LogP contribution in [-0.4, -0.2) is 24.9 Å². The molecule has 0 saturated heterocycles. The Bertz CT molecular complexity index is 408. The lowest BCUT2D eigenvalue weighted by Gasteiger charge is -2.19. The van der Waals surface area contributed by atoms with Gasteiger partial charge in [0.15, 0.2) is 0 Å². The van der Waals surface area contributed by atoms with Gasteiger partial charge in [0, 0.05) is 12.6 Å². The van der Waals surface area contributed by atoms with Crippen molar-refractivity contribution >= 4 is 0 Å². The zero-order valence-corrected chi connectivity index (χ0v) is 12.9. The summed E-state index contributed by atoms with van der Waals surface area (Å²) < 4.78 is 11.4. The minimum Gasteiger partial charge on any atom is -0.374 e. The number of benzene rings is 1. The predicted octanol–water partition coefficient (Wildman–Crippen LogP) is 3.27. The highest BCUT2D eigenvalue weighted by molar-refractivity contribution is 5.26. The summed E-state index contributed by atoms with van der Waals surface area (Å²) >= 11 is 0. The summed E-state index contributed by atoms with van der Waals surface area (Å²) in [5.74, 6) is 0. The average molecular weight is 277 g/mol. The summed E-state index contributed by atoms with van der Waals surface area (Å²) in [5.41, 5.74) is 2.53. The summed E-state index contributed by atoms with van der Waals surface area (Å²) in [6.45, 7) is 9.08. The van der Waals surface area contributed by atoms with Gasteiger partial charge in [0.1, 0.15) is 0 Å². The fourth-order valence-electron chi connectivity index (χ4n) is 2.00. The van der Waals surface area contributed by atoms with Gasteiger partial charge in [0.25, 0.3) is 0 Å². The fraction of sp³-hybridized carbons (Fsp3) is 0.647. The van der Waals surface area contributed by atoms with Gasteiger partial charge in [0.05, 0.1) is 25.4 Å². The van der Waals surface area contributed by atoms with Gasteiger partial charge in [0.2, 0.25) is 0 Å². The molecule has 1 aromatic carbocycles. The largest absolute Gasteiger partial charge is 0.374 e. The van der Waals surface area contributed by atoms with Gasteiger partial charge < -0.3 is 14.8 Å². The molecule has 0 aliphatic heterocycles. The topological polar surface area (TPSA) is 30.5 Å². The monoisotopic (exact) mass is 277 g/mol. The van der Waals surface area contributed by atoms with E-state index in [0.717, 1.165) is 12.6 Å². The maximum atomic E-state index is 5.73. The summed E-state index contributed by atoms with van der Waals surface area (Å²) in [6.07, 6.45) is 2.64. The molecule has 0 spiro atoms. The van der Waals surface area contributed by atoms with Crippen LogP contribution in [0, 0.1) is 0 Å². The van der Waals surface area contributed by atoms with Crippen molar-refractivity contribution in [1.82, 2.24) is 5.32 Å². The summed E-state index contributed by atoms with van der Waals surface area (Å²) in [5, 5.41) is 3.55. The first-order chi connectivity index (χ1) is 9.54. The van der Waals surface area contributed by atoms with E-state index in [-0.39, 0.29) is 5.60 Å². The highest BCUT2D eigenvalue weighted by atomic mass is 16.5. The van der Waals surface area contributed by atoms with E-state index in [2.05, 4.69) is 50.4 Å². The van der Waals surface area contributed by atoms with Gasteiger partial charge in [-0.25, -0.2) is 0 Å². The van der Waals surface area contributed by atoms with E-state index in [9.17, 15) is 0 Å². The smallest absolute Gasteiger partial charge is 0.0721 e. The zero-order chi connectivity index (χ0) is 14.4. The number of rotatable bonds is 8. The van der Waals surface area contributed by atoms with Crippen LogP contribution < -0.4 is 5.32 Å². The van der Waals surface area contributed by atoms with Crippen LogP contribution >= 0.6 is 0 Å². The van der Waals surface area contributed by atoms with Crippen LogP contribution in [0.25, 0.3) is 0 Å². The predicted molar refractivity (Wildman–Crippen MR) is 81.7 cm³/mol. The second kappa shape index (κ2) is 7.21. The molecule has 0 unspecified atom stereocenters. The lowest BCUT2D eigenvalue weighted by atomic mass is 10.1. The van der Waals surface area contributed by atoms with Gasteiger partial charge in [-0.1, -0.05) is 24.3 Å². The maximum Gasteiger partial charge on any atom is 0.0721 e. The molecule has 2 rings (SSSR count). The van der Waals surface area contributed by atoms with Crippen LogP contribution in [0.5, 0.6) is 0 Å². The number of hydrogen-bond acceptors (Lipinski definition) is 3. The SMILES string of the molecule is CC(C)(C)OCCOCc1ccccc1CNC1CC1.